The fourth-order valence-corrected chi connectivity index (χ4v) is 2.39. The number of benzene rings is 2. The Morgan fingerprint density at radius 2 is 1.43 bits per heavy atom. The Bertz CT molecular complexity index is 907. The fourth-order valence-electron chi connectivity index (χ4n) is 2.39. The van der Waals surface area contributed by atoms with E-state index in [9.17, 15) is 28.3 Å². The average molecular weight is 419 g/mol. The van der Waals surface area contributed by atoms with Crippen LogP contribution < -0.4 is 5.11 Å². The maximum absolute atomic E-state index is 14.1. The van der Waals surface area contributed by atoms with Crippen LogP contribution in [0.3, 0.4) is 0 Å². The highest BCUT2D eigenvalue weighted by Gasteiger charge is 2.45. The lowest BCUT2D eigenvalue weighted by molar-refractivity contribution is -0.336. The Balaban J connectivity index is 2.22. The van der Waals surface area contributed by atoms with Crippen LogP contribution in [0.4, 0.5) is 8.78 Å². The highest BCUT2D eigenvalue weighted by Crippen LogP contribution is 2.35. The Morgan fingerprint density at radius 3 is 1.90 bits per heavy atom. The number of aliphatic carboxylic acids is 1. The van der Waals surface area contributed by atoms with Gasteiger partial charge in [0.15, 0.2) is 6.10 Å². The lowest BCUT2D eigenvalue weighted by Crippen LogP contribution is -2.47. The first-order chi connectivity index (χ1) is 14.0. The first-order valence-corrected chi connectivity index (χ1v) is 9.16. The van der Waals surface area contributed by atoms with Crippen molar-refractivity contribution in [3.63, 3.8) is 0 Å². The van der Waals surface area contributed by atoms with Crippen molar-refractivity contribution in [2.45, 2.75) is 44.8 Å². The van der Waals surface area contributed by atoms with Crippen LogP contribution in [0.25, 0.3) is 0 Å². The van der Waals surface area contributed by atoms with Crippen molar-refractivity contribution in [1.82, 2.24) is 0 Å². The van der Waals surface area contributed by atoms with Crippen LogP contribution in [-0.2, 0) is 14.3 Å². The third-order valence-corrected chi connectivity index (χ3v) is 4.51. The molecule has 160 valence electrons. The smallest absolute Gasteiger partial charge is 0.338 e. The van der Waals surface area contributed by atoms with Gasteiger partial charge >= 0.3 is 17.9 Å². The van der Waals surface area contributed by atoms with E-state index in [1.165, 1.54) is 54.6 Å². The second-order valence-corrected chi connectivity index (χ2v) is 7.19. The van der Waals surface area contributed by atoms with Crippen LogP contribution in [0, 0.1) is 0 Å². The molecule has 0 saturated carbocycles. The molecule has 0 spiro atoms. The number of hydrogen-bond donors (Lipinski definition) is 0. The molecule has 6 nitrogen and oxygen atoms in total. The topological polar surface area (TPSA) is 92.7 Å². The molecule has 0 saturated heterocycles. The van der Waals surface area contributed by atoms with E-state index in [2.05, 4.69) is 0 Å². The number of carboxylic acid groups (broad SMARTS) is 1. The minimum absolute atomic E-state index is 0.142. The molecule has 0 aliphatic carbocycles. The molecule has 30 heavy (non-hydrogen) atoms. The number of carbonyl (C=O) groups excluding carboxylic acids is 3. The molecule has 2 rings (SSSR count). The van der Waals surface area contributed by atoms with Gasteiger partial charge in [-0.2, -0.15) is 8.78 Å². The van der Waals surface area contributed by atoms with Crippen LogP contribution in [0.15, 0.2) is 54.6 Å². The third kappa shape index (κ3) is 5.40. The molecule has 0 bridgehead atoms. The van der Waals surface area contributed by atoms with E-state index < -0.39 is 35.5 Å². The van der Waals surface area contributed by atoms with Crippen molar-refractivity contribution in [1.29, 1.82) is 0 Å². The zero-order valence-electron chi connectivity index (χ0n) is 16.7. The van der Waals surface area contributed by atoms with Gasteiger partial charge in [0, 0.05) is 0 Å². The first-order valence-electron chi connectivity index (χ1n) is 9.16. The van der Waals surface area contributed by atoms with E-state index in [-0.39, 0.29) is 16.7 Å². The number of rotatable bonds is 8. The number of alkyl halides is 2. The molecule has 0 aliphatic heterocycles. The molecule has 8 heteroatoms. The van der Waals surface area contributed by atoms with Crippen LogP contribution in [0.1, 0.15) is 59.6 Å². The molecule has 1 atom stereocenters. The zero-order chi connectivity index (χ0) is 22.5. The Morgan fingerprint density at radius 1 is 0.933 bits per heavy atom. The van der Waals surface area contributed by atoms with Crippen molar-refractivity contribution >= 4 is 17.9 Å². The van der Waals surface area contributed by atoms with Crippen molar-refractivity contribution < 1.29 is 37.7 Å². The summed E-state index contributed by atoms with van der Waals surface area (Å²) in [5.41, 5.74) is -0.861. The summed E-state index contributed by atoms with van der Waals surface area (Å²) in [5.74, 6) is -8.90. The van der Waals surface area contributed by atoms with Gasteiger partial charge in [-0.15, -0.1) is 0 Å². The number of hydrogen-bond acceptors (Lipinski definition) is 6. The summed E-state index contributed by atoms with van der Waals surface area (Å²) in [6.07, 6.45) is -1.79. The maximum Gasteiger partial charge on any atom is 0.338 e. The summed E-state index contributed by atoms with van der Waals surface area (Å²) >= 11 is 0. The number of halogens is 2. The molecule has 0 amide bonds. The van der Waals surface area contributed by atoms with Gasteiger partial charge in [-0.1, -0.05) is 37.3 Å². The van der Waals surface area contributed by atoms with Gasteiger partial charge < -0.3 is 19.4 Å². The molecular formula is C22H21F2O6-. The van der Waals surface area contributed by atoms with E-state index in [1.54, 1.807) is 13.8 Å². The Labute approximate surface area is 172 Å². The zero-order valence-corrected chi connectivity index (χ0v) is 16.7. The highest BCUT2D eigenvalue weighted by molar-refractivity contribution is 5.93. The Kier molecular flexibility index (Phi) is 6.92. The van der Waals surface area contributed by atoms with E-state index in [1.807, 2.05) is 6.92 Å². The van der Waals surface area contributed by atoms with Gasteiger partial charge in [0.05, 0.1) is 11.1 Å². The second kappa shape index (κ2) is 9.02. The maximum atomic E-state index is 14.1. The summed E-state index contributed by atoms with van der Waals surface area (Å²) in [6, 6.07) is 11.8. The summed E-state index contributed by atoms with van der Waals surface area (Å²) in [6.45, 7) is 5.35. The van der Waals surface area contributed by atoms with Crippen LogP contribution in [0.2, 0.25) is 0 Å². The van der Waals surface area contributed by atoms with Crippen molar-refractivity contribution in [2.24, 2.45) is 0 Å². The molecule has 0 radical (unpaired) electrons. The predicted octanol–water partition coefficient (Wildman–Crippen LogP) is 3.32. The largest absolute Gasteiger partial charge is 0.544 e. The lowest BCUT2D eigenvalue weighted by atomic mass is 10.0. The highest BCUT2D eigenvalue weighted by atomic mass is 19.3. The van der Waals surface area contributed by atoms with Crippen LogP contribution >= 0.6 is 0 Å². The third-order valence-electron chi connectivity index (χ3n) is 4.51. The normalized spacial score (nSPS) is 12.7. The molecule has 2 aromatic carbocycles. The van der Waals surface area contributed by atoms with Gasteiger partial charge in [0.25, 0.3) is 0 Å². The van der Waals surface area contributed by atoms with E-state index in [0.717, 1.165) is 0 Å². The van der Waals surface area contributed by atoms with E-state index in [4.69, 9.17) is 9.47 Å². The minimum atomic E-state index is -4.45. The monoisotopic (exact) mass is 419 g/mol. The van der Waals surface area contributed by atoms with Crippen molar-refractivity contribution in [3.8, 4) is 0 Å². The molecule has 0 heterocycles. The summed E-state index contributed by atoms with van der Waals surface area (Å²) in [5, 5.41) is 10.9. The predicted molar refractivity (Wildman–Crippen MR) is 101 cm³/mol. The van der Waals surface area contributed by atoms with Gasteiger partial charge in [0.2, 0.25) is 0 Å². The second-order valence-electron chi connectivity index (χ2n) is 7.19. The standard InChI is InChI=1S/C22H22F2O6/c1-4-21(2,3)30-19(26)16-12-10-15(11-13-16)18(25)29-17(22(23,24)20(27)28)14-8-6-5-7-9-14/h5-13,17H,4H2,1-3H3,(H,27,28)/p-1. The molecule has 0 aliphatic rings. The molecule has 2 aromatic rings. The number of carboxylic acids is 1. The summed E-state index contributed by atoms with van der Waals surface area (Å²) in [4.78, 5) is 35.4. The first kappa shape index (κ1) is 23.0. The van der Waals surface area contributed by atoms with Crippen LogP contribution in [-0.4, -0.2) is 29.4 Å². The van der Waals surface area contributed by atoms with Crippen molar-refractivity contribution in [2.75, 3.05) is 0 Å². The number of carbonyl (C=O) groups is 3. The van der Waals surface area contributed by atoms with Gasteiger partial charge in [-0.05, 0) is 50.1 Å². The summed E-state index contributed by atoms with van der Waals surface area (Å²) in [7, 11) is 0. The molecule has 0 N–H and O–H groups in total. The van der Waals surface area contributed by atoms with Gasteiger partial charge in [0.1, 0.15) is 11.6 Å². The van der Waals surface area contributed by atoms with Crippen LogP contribution in [0.5, 0.6) is 0 Å². The lowest BCUT2D eigenvalue weighted by Gasteiger charge is -2.27. The quantitative estimate of drug-likeness (QED) is 0.610. The molecule has 0 aromatic heterocycles. The molecular weight excluding hydrogens is 398 g/mol. The van der Waals surface area contributed by atoms with E-state index >= 15 is 0 Å². The number of ether oxygens (including phenoxy) is 2. The van der Waals surface area contributed by atoms with Gasteiger partial charge in [-0.25, -0.2) is 9.59 Å². The van der Waals surface area contributed by atoms with Gasteiger partial charge in [-0.3, -0.25) is 0 Å². The number of esters is 2. The summed E-state index contributed by atoms with van der Waals surface area (Å²) < 4.78 is 38.4. The SMILES string of the molecule is CCC(C)(C)OC(=O)c1ccc(C(=O)OC(c2ccccc2)C(F)(F)C(=O)[O-])cc1. The molecule has 0 fully saturated rings. The average Bonchev–Trinajstić information content (AvgIpc) is 2.72. The fraction of sp³-hybridized carbons (Fsp3) is 0.318. The Hall–Kier alpha value is -3.29. The van der Waals surface area contributed by atoms with Crippen molar-refractivity contribution in [3.05, 3.63) is 71.3 Å². The minimum Gasteiger partial charge on any atom is -0.544 e. The molecule has 1 unspecified atom stereocenters. The van der Waals surface area contributed by atoms with E-state index in [0.29, 0.717) is 6.42 Å².